The van der Waals surface area contributed by atoms with Crippen LogP contribution in [-0.4, -0.2) is 36.7 Å². The maximum Gasteiger partial charge on any atom is 0.120 e. The Morgan fingerprint density at radius 3 is 2.75 bits per heavy atom. The van der Waals surface area contributed by atoms with E-state index in [-0.39, 0.29) is 0 Å². The van der Waals surface area contributed by atoms with Crippen LogP contribution in [0.2, 0.25) is 0 Å². The predicted octanol–water partition coefficient (Wildman–Crippen LogP) is 2.19. The molecule has 0 bridgehead atoms. The minimum atomic E-state index is 0.341. The Hall–Kier alpha value is -0.580. The van der Waals surface area contributed by atoms with Crippen LogP contribution in [-0.2, 0) is 6.54 Å². The molecule has 0 saturated carbocycles. The van der Waals surface area contributed by atoms with Gasteiger partial charge in [0.25, 0.3) is 0 Å². The number of halogens is 1. The molecule has 1 atom stereocenters. The number of hydrogen-bond acceptors (Lipinski definition) is 3. The lowest BCUT2D eigenvalue weighted by atomic mass is 10.2. The van der Waals surface area contributed by atoms with Crippen molar-refractivity contribution in [3.05, 3.63) is 28.2 Å². The molecule has 0 spiro atoms. The highest BCUT2D eigenvalue weighted by atomic mass is 79.9. The zero-order valence-electron chi connectivity index (χ0n) is 10.00. The van der Waals surface area contributed by atoms with E-state index in [1.807, 2.05) is 12.1 Å². The van der Waals surface area contributed by atoms with Crippen LogP contribution >= 0.6 is 15.9 Å². The van der Waals surface area contributed by atoms with Crippen LogP contribution in [0.1, 0.15) is 12.5 Å². The van der Waals surface area contributed by atoms with Gasteiger partial charge in [0.2, 0.25) is 0 Å². The lowest BCUT2D eigenvalue weighted by molar-refractivity contribution is 0.347. The first-order valence-corrected chi connectivity index (χ1v) is 6.14. The van der Waals surface area contributed by atoms with Gasteiger partial charge >= 0.3 is 0 Å². The summed E-state index contributed by atoms with van der Waals surface area (Å²) in [5.74, 6) is 0.341. The van der Waals surface area contributed by atoms with Gasteiger partial charge in [-0.25, -0.2) is 0 Å². The largest absolute Gasteiger partial charge is 0.508 e. The number of likely N-dealkylation sites (N-methyl/N-ethyl adjacent to an activating group) is 1. The van der Waals surface area contributed by atoms with Gasteiger partial charge in [-0.2, -0.15) is 0 Å². The lowest BCUT2D eigenvalue weighted by Gasteiger charge is -2.18. The minimum Gasteiger partial charge on any atom is -0.508 e. The van der Waals surface area contributed by atoms with Crippen LogP contribution in [0.15, 0.2) is 22.7 Å². The van der Waals surface area contributed by atoms with E-state index >= 15 is 0 Å². The van der Waals surface area contributed by atoms with Gasteiger partial charge in [-0.3, -0.25) is 0 Å². The standard InChI is InChI=1S/C12H19BrN2O/c1-9(8-15(2)3)14-7-10-6-11(13)4-5-12(10)16/h4-6,9,14,16H,7-8H2,1-3H3. The molecule has 1 aromatic rings. The van der Waals surface area contributed by atoms with Crippen molar-refractivity contribution in [2.24, 2.45) is 0 Å². The van der Waals surface area contributed by atoms with E-state index in [2.05, 4.69) is 47.2 Å². The summed E-state index contributed by atoms with van der Waals surface area (Å²) >= 11 is 3.40. The normalized spacial score (nSPS) is 13.1. The van der Waals surface area contributed by atoms with Gasteiger partial charge in [0.05, 0.1) is 0 Å². The van der Waals surface area contributed by atoms with Crippen molar-refractivity contribution in [1.29, 1.82) is 0 Å². The zero-order chi connectivity index (χ0) is 12.1. The number of aromatic hydroxyl groups is 1. The maximum absolute atomic E-state index is 9.66. The second kappa shape index (κ2) is 6.23. The molecular weight excluding hydrogens is 268 g/mol. The Kier molecular flexibility index (Phi) is 5.25. The molecule has 3 nitrogen and oxygen atoms in total. The lowest BCUT2D eigenvalue weighted by Crippen LogP contribution is -2.35. The molecule has 4 heteroatoms. The molecule has 0 aliphatic carbocycles. The molecule has 1 aromatic carbocycles. The second-order valence-electron chi connectivity index (χ2n) is 4.32. The predicted molar refractivity (Wildman–Crippen MR) is 70.7 cm³/mol. The molecule has 90 valence electrons. The molecule has 16 heavy (non-hydrogen) atoms. The summed E-state index contributed by atoms with van der Waals surface area (Å²) in [7, 11) is 4.10. The third kappa shape index (κ3) is 4.51. The van der Waals surface area contributed by atoms with Crippen molar-refractivity contribution in [3.8, 4) is 5.75 Å². The van der Waals surface area contributed by atoms with Gasteiger partial charge in [-0.15, -0.1) is 0 Å². The van der Waals surface area contributed by atoms with Gasteiger partial charge in [-0.1, -0.05) is 15.9 Å². The third-order valence-electron chi connectivity index (χ3n) is 2.32. The van der Waals surface area contributed by atoms with Crippen molar-refractivity contribution in [3.63, 3.8) is 0 Å². The van der Waals surface area contributed by atoms with Gasteiger partial charge in [-0.05, 0) is 39.2 Å². The Morgan fingerprint density at radius 1 is 1.44 bits per heavy atom. The molecular formula is C12H19BrN2O. The van der Waals surface area contributed by atoms with E-state index in [0.29, 0.717) is 18.3 Å². The number of nitrogens with one attached hydrogen (secondary N) is 1. The smallest absolute Gasteiger partial charge is 0.120 e. The summed E-state index contributed by atoms with van der Waals surface area (Å²) in [5, 5.41) is 13.0. The van der Waals surface area contributed by atoms with Gasteiger partial charge in [0.1, 0.15) is 5.75 Å². The molecule has 0 aliphatic heterocycles. The summed E-state index contributed by atoms with van der Waals surface area (Å²) in [5.41, 5.74) is 0.917. The van der Waals surface area contributed by atoms with Crippen LogP contribution in [0, 0.1) is 0 Å². The summed E-state index contributed by atoms with van der Waals surface area (Å²) in [4.78, 5) is 2.14. The monoisotopic (exact) mass is 286 g/mol. The number of benzene rings is 1. The van der Waals surface area contributed by atoms with Crippen molar-refractivity contribution in [2.45, 2.75) is 19.5 Å². The molecule has 0 saturated heterocycles. The van der Waals surface area contributed by atoms with E-state index in [4.69, 9.17) is 0 Å². The van der Waals surface area contributed by atoms with Crippen molar-refractivity contribution in [2.75, 3.05) is 20.6 Å². The highest BCUT2D eigenvalue weighted by Gasteiger charge is 2.05. The number of phenols is 1. The highest BCUT2D eigenvalue weighted by molar-refractivity contribution is 9.10. The van der Waals surface area contributed by atoms with Gasteiger partial charge < -0.3 is 15.3 Å². The zero-order valence-corrected chi connectivity index (χ0v) is 11.6. The van der Waals surface area contributed by atoms with Crippen molar-refractivity contribution in [1.82, 2.24) is 10.2 Å². The Morgan fingerprint density at radius 2 is 2.12 bits per heavy atom. The summed E-state index contributed by atoms with van der Waals surface area (Å²) in [6.45, 7) is 3.80. The SMILES string of the molecule is CC(CN(C)C)NCc1cc(Br)ccc1O. The van der Waals surface area contributed by atoms with Gasteiger partial charge in [0.15, 0.2) is 0 Å². The van der Waals surface area contributed by atoms with Crippen LogP contribution < -0.4 is 5.32 Å². The molecule has 1 rings (SSSR count). The molecule has 0 amide bonds. The Bertz CT molecular complexity index is 342. The summed E-state index contributed by atoms with van der Waals surface area (Å²) in [6.07, 6.45) is 0. The molecule has 0 aliphatic rings. The average molecular weight is 287 g/mol. The van der Waals surface area contributed by atoms with Crippen molar-refractivity contribution >= 4 is 15.9 Å². The number of rotatable bonds is 5. The fourth-order valence-electron chi connectivity index (χ4n) is 1.59. The maximum atomic E-state index is 9.66. The highest BCUT2D eigenvalue weighted by Crippen LogP contribution is 2.21. The van der Waals surface area contributed by atoms with Crippen LogP contribution in [0.5, 0.6) is 5.75 Å². The Balaban J connectivity index is 2.51. The fourth-order valence-corrected chi connectivity index (χ4v) is 2.00. The number of hydrogen-bond donors (Lipinski definition) is 2. The number of phenolic OH excluding ortho intramolecular Hbond substituents is 1. The topological polar surface area (TPSA) is 35.5 Å². The molecule has 0 heterocycles. The first-order valence-electron chi connectivity index (χ1n) is 5.34. The van der Waals surface area contributed by atoms with E-state index < -0.39 is 0 Å². The van der Waals surface area contributed by atoms with E-state index in [0.717, 1.165) is 16.6 Å². The molecule has 0 radical (unpaired) electrons. The average Bonchev–Trinajstić information content (AvgIpc) is 2.18. The van der Waals surface area contributed by atoms with Crippen LogP contribution in [0.25, 0.3) is 0 Å². The third-order valence-corrected chi connectivity index (χ3v) is 2.81. The second-order valence-corrected chi connectivity index (χ2v) is 5.23. The molecule has 0 fully saturated rings. The number of nitrogens with zero attached hydrogens (tertiary/aromatic N) is 1. The van der Waals surface area contributed by atoms with Gasteiger partial charge in [0, 0.05) is 29.2 Å². The van der Waals surface area contributed by atoms with Crippen LogP contribution in [0.4, 0.5) is 0 Å². The molecule has 2 N–H and O–H groups in total. The molecule has 0 aromatic heterocycles. The quantitative estimate of drug-likeness (QED) is 0.871. The van der Waals surface area contributed by atoms with Crippen molar-refractivity contribution < 1.29 is 5.11 Å². The van der Waals surface area contributed by atoms with E-state index in [1.165, 1.54) is 0 Å². The molecule has 1 unspecified atom stereocenters. The minimum absolute atomic E-state index is 0.341. The Labute approximate surface area is 106 Å². The fraction of sp³-hybridized carbons (Fsp3) is 0.500. The first-order chi connectivity index (χ1) is 7.49. The van der Waals surface area contributed by atoms with Crippen LogP contribution in [0.3, 0.4) is 0 Å². The summed E-state index contributed by atoms with van der Waals surface area (Å²) in [6, 6.07) is 5.87. The first kappa shape index (κ1) is 13.5. The van der Waals surface area contributed by atoms with E-state index in [9.17, 15) is 5.11 Å². The van der Waals surface area contributed by atoms with E-state index in [1.54, 1.807) is 6.07 Å². The summed E-state index contributed by atoms with van der Waals surface area (Å²) < 4.78 is 0.988.